The second-order valence-corrected chi connectivity index (χ2v) is 4.86. The van der Waals surface area contributed by atoms with Gasteiger partial charge in [0.2, 0.25) is 0 Å². The molecule has 2 heterocycles. The molecular formula is C13H16N4OS. The molecule has 6 heteroatoms. The molecule has 0 saturated heterocycles. The minimum Gasteiger partial charge on any atom is -0.330 e. The SMILES string of the molecule is CCN(C(=O)c1csc(CCN)n1)c1ccncc1. The lowest BCUT2D eigenvalue weighted by Gasteiger charge is -2.19. The highest BCUT2D eigenvalue weighted by molar-refractivity contribution is 7.09. The van der Waals surface area contributed by atoms with Gasteiger partial charge >= 0.3 is 0 Å². The van der Waals surface area contributed by atoms with Crippen molar-refractivity contribution >= 4 is 22.9 Å². The maximum absolute atomic E-state index is 12.4. The van der Waals surface area contributed by atoms with Crippen LogP contribution in [0, 0.1) is 0 Å². The Morgan fingerprint density at radius 1 is 1.42 bits per heavy atom. The zero-order valence-electron chi connectivity index (χ0n) is 10.7. The number of anilines is 1. The lowest BCUT2D eigenvalue weighted by molar-refractivity contribution is 0.0984. The third-order valence-corrected chi connectivity index (χ3v) is 3.57. The smallest absolute Gasteiger partial charge is 0.277 e. The second-order valence-electron chi connectivity index (χ2n) is 3.92. The quantitative estimate of drug-likeness (QED) is 0.902. The van der Waals surface area contributed by atoms with E-state index in [1.165, 1.54) is 11.3 Å². The number of thiazole rings is 1. The fourth-order valence-electron chi connectivity index (χ4n) is 1.75. The normalized spacial score (nSPS) is 10.4. The second kappa shape index (κ2) is 6.40. The molecule has 0 spiro atoms. The molecule has 0 atom stereocenters. The molecule has 0 aliphatic carbocycles. The third kappa shape index (κ3) is 3.15. The summed E-state index contributed by atoms with van der Waals surface area (Å²) in [5.74, 6) is -0.0896. The van der Waals surface area contributed by atoms with Gasteiger partial charge in [0, 0.05) is 36.4 Å². The number of pyridine rings is 1. The van der Waals surface area contributed by atoms with Crippen LogP contribution in [0.5, 0.6) is 0 Å². The minimum atomic E-state index is -0.0896. The maximum atomic E-state index is 12.4. The van der Waals surface area contributed by atoms with Crippen LogP contribution in [0.1, 0.15) is 22.4 Å². The average Bonchev–Trinajstić information content (AvgIpc) is 2.90. The lowest BCUT2D eigenvalue weighted by atomic mass is 10.3. The molecule has 0 unspecified atom stereocenters. The van der Waals surface area contributed by atoms with Gasteiger partial charge in [0.15, 0.2) is 0 Å². The van der Waals surface area contributed by atoms with Crippen LogP contribution < -0.4 is 10.6 Å². The summed E-state index contributed by atoms with van der Waals surface area (Å²) in [7, 11) is 0. The lowest BCUT2D eigenvalue weighted by Crippen LogP contribution is -2.30. The Morgan fingerprint density at radius 2 is 2.16 bits per heavy atom. The molecule has 0 saturated carbocycles. The highest BCUT2D eigenvalue weighted by Crippen LogP contribution is 2.17. The first-order valence-electron chi connectivity index (χ1n) is 6.12. The molecule has 0 aliphatic rings. The fraction of sp³-hybridized carbons (Fsp3) is 0.308. The van der Waals surface area contributed by atoms with Crippen molar-refractivity contribution in [2.45, 2.75) is 13.3 Å². The largest absolute Gasteiger partial charge is 0.330 e. The summed E-state index contributed by atoms with van der Waals surface area (Å²) in [5, 5.41) is 2.69. The first kappa shape index (κ1) is 13.6. The Balaban J connectivity index is 2.20. The van der Waals surface area contributed by atoms with Gasteiger partial charge in [-0.15, -0.1) is 11.3 Å². The molecule has 0 radical (unpaired) electrons. The summed E-state index contributed by atoms with van der Waals surface area (Å²) in [6, 6.07) is 3.63. The first-order valence-corrected chi connectivity index (χ1v) is 7.00. The molecule has 0 fully saturated rings. The van der Waals surface area contributed by atoms with E-state index >= 15 is 0 Å². The Hall–Kier alpha value is -1.79. The van der Waals surface area contributed by atoms with Gasteiger partial charge in [-0.1, -0.05) is 0 Å². The van der Waals surface area contributed by atoms with Crippen LogP contribution in [0.15, 0.2) is 29.9 Å². The predicted octanol–water partition coefficient (Wildman–Crippen LogP) is 1.71. The van der Waals surface area contributed by atoms with Crippen LogP contribution >= 0.6 is 11.3 Å². The van der Waals surface area contributed by atoms with E-state index in [0.717, 1.165) is 10.7 Å². The number of hydrogen-bond acceptors (Lipinski definition) is 5. The van der Waals surface area contributed by atoms with Gasteiger partial charge < -0.3 is 10.6 Å². The van der Waals surface area contributed by atoms with Crippen molar-refractivity contribution in [3.8, 4) is 0 Å². The Labute approximate surface area is 116 Å². The molecule has 5 nitrogen and oxygen atoms in total. The van der Waals surface area contributed by atoms with Crippen molar-refractivity contribution in [3.05, 3.63) is 40.6 Å². The van der Waals surface area contributed by atoms with Gasteiger partial charge in [-0.05, 0) is 25.6 Å². The van der Waals surface area contributed by atoms with Crippen LogP contribution in [-0.2, 0) is 6.42 Å². The summed E-state index contributed by atoms with van der Waals surface area (Å²) in [5.41, 5.74) is 6.80. The monoisotopic (exact) mass is 276 g/mol. The third-order valence-electron chi connectivity index (χ3n) is 2.66. The van der Waals surface area contributed by atoms with Crippen LogP contribution in [0.4, 0.5) is 5.69 Å². The molecule has 2 aromatic heterocycles. The molecular weight excluding hydrogens is 260 g/mol. The van der Waals surface area contributed by atoms with Gasteiger partial charge in [-0.25, -0.2) is 4.98 Å². The predicted molar refractivity (Wildman–Crippen MR) is 76.5 cm³/mol. The number of amides is 1. The highest BCUT2D eigenvalue weighted by atomic mass is 32.1. The van der Waals surface area contributed by atoms with Crippen molar-refractivity contribution in [1.82, 2.24) is 9.97 Å². The number of aromatic nitrogens is 2. The number of rotatable bonds is 5. The molecule has 1 amide bonds. The zero-order chi connectivity index (χ0) is 13.7. The summed E-state index contributed by atoms with van der Waals surface area (Å²) < 4.78 is 0. The topological polar surface area (TPSA) is 72.1 Å². The van der Waals surface area contributed by atoms with Crippen molar-refractivity contribution in [2.24, 2.45) is 5.73 Å². The highest BCUT2D eigenvalue weighted by Gasteiger charge is 2.18. The van der Waals surface area contributed by atoms with E-state index in [1.54, 1.807) is 22.7 Å². The van der Waals surface area contributed by atoms with Crippen molar-refractivity contribution < 1.29 is 4.79 Å². The number of hydrogen-bond donors (Lipinski definition) is 1. The molecule has 0 aromatic carbocycles. The van der Waals surface area contributed by atoms with E-state index in [0.29, 0.717) is 25.2 Å². The van der Waals surface area contributed by atoms with Gasteiger partial charge in [0.05, 0.1) is 5.01 Å². The molecule has 0 aliphatic heterocycles. The maximum Gasteiger partial charge on any atom is 0.277 e. The van der Waals surface area contributed by atoms with Crippen LogP contribution in [0.2, 0.25) is 0 Å². The van der Waals surface area contributed by atoms with Crippen LogP contribution in [0.3, 0.4) is 0 Å². The first-order chi connectivity index (χ1) is 9.26. The van der Waals surface area contributed by atoms with Gasteiger partial charge in [0.1, 0.15) is 5.69 Å². The van der Waals surface area contributed by atoms with Gasteiger partial charge in [-0.3, -0.25) is 9.78 Å². The molecule has 2 rings (SSSR count). The number of carbonyl (C=O) groups excluding carboxylic acids is 1. The Kier molecular flexibility index (Phi) is 4.59. The van der Waals surface area contributed by atoms with E-state index in [9.17, 15) is 4.79 Å². The van der Waals surface area contributed by atoms with E-state index in [-0.39, 0.29) is 5.91 Å². The Bertz CT molecular complexity index is 541. The van der Waals surface area contributed by atoms with Crippen LogP contribution in [0.25, 0.3) is 0 Å². The molecule has 2 aromatic rings. The summed E-state index contributed by atoms with van der Waals surface area (Å²) in [6.45, 7) is 3.07. The van der Waals surface area contributed by atoms with E-state index in [2.05, 4.69) is 9.97 Å². The van der Waals surface area contributed by atoms with E-state index in [4.69, 9.17) is 5.73 Å². The summed E-state index contributed by atoms with van der Waals surface area (Å²) in [4.78, 5) is 22.4. The van der Waals surface area contributed by atoms with Gasteiger partial charge in [0.25, 0.3) is 5.91 Å². The molecule has 100 valence electrons. The van der Waals surface area contributed by atoms with Crippen molar-refractivity contribution in [1.29, 1.82) is 0 Å². The number of nitrogens with zero attached hydrogens (tertiary/aromatic N) is 3. The number of carbonyl (C=O) groups is 1. The summed E-state index contributed by atoms with van der Waals surface area (Å²) in [6.07, 6.45) is 4.05. The minimum absolute atomic E-state index is 0.0896. The average molecular weight is 276 g/mol. The van der Waals surface area contributed by atoms with Crippen molar-refractivity contribution in [3.63, 3.8) is 0 Å². The molecule has 19 heavy (non-hydrogen) atoms. The fourth-order valence-corrected chi connectivity index (χ4v) is 2.54. The van der Waals surface area contributed by atoms with Crippen LogP contribution in [-0.4, -0.2) is 29.0 Å². The molecule has 2 N–H and O–H groups in total. The molecule has 0 bridgehead atoms. The van der Waals surface area contributed by atoms with Gasteiger partial charge in [-0.2, -0.15) is 0 Å². The summed E-state index contributed by atoms with van der Waals surface area (Å²) >= 11 is 1.47. The standard InChI is InChI=1S/C13H16N4OS/c1-2-17(10-4-7-15-8-5-10)13(18)11-9-19-12(16-11)3-6-14/h4-5,7-9H,2-3,6,14H2,1H3. The van der Waals surface area contributed by atoms with E-state index < -0.39 is 0 Å². The Morgan fingerprint density at radius 3 is 2.79 bits per heavy atom. The van der Waals surface area contributed by atoms with E-state index in [1.807, 2.05) is 19.1 Å². The van der Waals surface area contributed by atoms with Crippen molar-refractivity contribution in [2.75, 3.05) is 18.0 Å². The zero-order valence-corrected chi connectivity index (χ0v) is 11.6. The number of nitrogens with two attached hydrogens (primary N) is 1.